The lowest BCUT2D eigenvalue weighted by molar-refractivity contribution is 0.0458. The molecule has 1 aliphatic heterocycles. The van der Waals surface area contributed by atoms with Gasteiger partial charge in [-0.25, -0.2) is 9.78 Å². The van der Waals surface area contributed by atoms with Crippen molar-refractivity contribution in [2.24, 2.45) is 0 Å². The number of hydrogen-bond donors (Lipinski definition) is 2. The fraction of sp³-hybridized carbons (Fsp3) is 0.280. The molecule has 0 spiro atoms. The third-order valence-electron chi connectivity index (χ3n) is 5.87. The molecule has 5 rings (SSSR count). The number of hydrogen-bond acceptors (Lipinski definition) is 7. The van der Waals surface area contributed by atoms with Gasteiger partial charge in [0.15, 0.2) is 0 Å². The van der Waals surface area contributed by atoms with Crippen LogP contribution >= 0.6 is 0 Å². The minimum atomic E-state index is -0.336. The third kappa shape index (κ3) is 4.62. The van der Waals surface area contributed by atoms with Gasteiger partial charge in [0.1, 0.15) is 6.61 Å². The van der Waals surface area contributed by atoms with E-state index >= 15 is 0 Å². The molecule has 0 unspecified atom stereocenters. The van der Waals surface area contributed by atoms with Gasteiger partial charge in [-0.1, -0.05) is 12.1 Å². The summed E-state index contributed by atoms with van der Waals surface area (Å²) in [5.41, 5.74) is 5.49. The first-order valence-electron chi connectivity index (χ1n) is 11.2. The van der Waals surface area contributed by atoms with Crippen LogP contribution in [-0.4, -0.2) is 70.1 Å². The van der Waals surface area contributed by atoms with E-state index in [1.165, 1.54) is 0 Å². The van der Waals surface area contributed by atoms with Crippen LogP contribution in [0.1, 0.15) is 16.1 Å². The summed E-state index contributed by atoms with van der Waals surface area (Å²) in [4.78, 5) is 32.0. The molecule has 2 N–H and O–H groups in total. The average molecular weight is 443 g/mol. The zero-order chi connectivity index (χ0) is 22.6. The highest BCUT2D eigenvalue weighted by atomic mass is 16.5. The normalized spacial score (nSPS) is 14.5. The first-order valence-corrected chi connectivity index (χ1v) is 11.2. The van der Waals surface area contributed by atoms with Gasteiger partial charge in [0.2, 0.25) is 0 Å². The van der Waals surface area contributed by atoms with E-state index < -0.39 is 0 Å². The van der Waals surface area contributed by atoms with Gasteiger partial charge in [0.05, 0.1) is 34.5 Å². The molecule has 3 aromatic heterocycles. The maximum atomic E-state index is 12.9. The molecular weight excluding hydrogens is 416 g/mol. The molecule has 0 atom stereocenters. The van der Waals surface area contributed by atoms with Crippen LogP contribution in [0.15, 0.2) is 55.0 Å². The fourth-order valence-corrected chi connectivity index (χ4v) is 4.14. The van der Waals surface area contributed by atoms with Crippen molar-refractivity contribution < 1.29 is 9.53 Å². The number of nitrogens with zero attached hydrogens (tertiary/aromatic N) is 4. The van der Waals surface area contributed by atoms with Gasteiger partial charge in [-0.05, 0) is 37.3 Å². The van der Waals surface area contributed by atoms with Crippen molar-refractivity contribution in [2.75, 3.05) is 39.3 Å². The molecule has 0 aliphatic carbocycles. The largest absolute Gasteiger partial charge is 0.461 e. The maximum Gasteiger partial charge on any atom is 0.338 e. The van der Waals surface area contributed by atoms with Crippen LogP contribution in [0.5, 0.6) is 0 Å². The van der Waals surface area contributed by atoms with Gasteiger partial charge < -0.3 is 15.0 Å². The molecule has 4 heterocycles. The highest BCUT2D eigenvalue weighted by molar-refractivity contribution is 6.04. The number of nitrogens with one attached hydrogen (secondary N) is 2. The summed E-state index contributed by atoms with van der Waals surface area (Å²) >= 11 is 0. The van der Waals surface area contributed by atoms with Crippen molar-refractivity contribution in [3.63, 3.8) is 0 Å². The average Bonchev–Trinajstić information content (AvgIpc) is 3.34. The predicted molar refractivity (Wildman–Crippen MR) is 127 cm³/mol. The van der Waals surface area contributed by atoms with Crippen molar-refractivity contribution in [1.82, 2.24) is 30.2 Å². The van der Waals surface area contributed by atoms with E-state index in [1.807, 2.05) is 43.3 Å². The van der Waals surface area contributed by atoms with Crippen LogP contribution < -0.4 is 5.32 Å². The second-order valence-corrected chi connectivity index (χ2v) is 8.11. The second-order valence-electron chi connectivity index (χ2n) is 8.11. The monoisotopic (exact) mass is 442 g/mol. The molecule has 4 aromatic rings. The summed E-state index contributed by atoms with van der Waals surface area (Å²) in [5, 5.41) is 4.07. The van der Waals surface area contributed by atoms with Crippen molar-refractivity contribution in [1.29, 1.82) is 0 Å². The lowest BCUT2D eigenvalue weighted by Gasteiger charge is -2.26. The molecule has 33 heavy (non-hydrogen) atoms. The Labute approximate surface area is 192 Å². The van der Waals surface area contributed by atoms with Crippen LogP contribution in [0.4, 0.5) is 0 Å². The summed E-state index contributed by atoms with van der Waals surface area (Å²) in [7, 11) is 0. The van der Waals surface area contributed by atoms with Gasteiger partial charge in [0.25, 0.3) is 0 Å². The number of carbonyl (C=O) groups is 1. The Morgan fingerprint density at radius 1 is 1.12 bits per heavy atom. The minimum absolute atomic E-state index is 0.336. The van der Waals surface area contributed by atoms with Crippen molar-refractivity contribution >= 4 is 16.9 Å². The van der Waals surface area contributed by atoms with E-state index in [0.29, 0.717) is 12.2 Å². The lowest BCUT2D eigenvalue weighted by atomic mass is 10.0. The number of pyridine rings is 2. The number of rotatable bonds is 6. The Morgan fingerprint density at radius 2 is 2.00 bits per heavy atom. The van der Waals surface area contributed by atoms with E-state index in [1.54, 1.807) is 18.6 Å². The Balaban J connectivity index is 1.41. The quantitative estimate of drug-likeness (QED) is 0.443. The first-order chi connectivity index (χ1) is 16.2. The number of esters is 1. The molecule has 0 amide bonds. The molecule has 1 aliphatic rings. The number of fused-ring (bicyclic) bond motifs is 1. The Kier molecular flexibility index (Phi) is 6.10. The lowest BCUT2D eigenvalue weighted by Crippen LogP contribution is -2.44. The molecule has 8 heteroatoms. The number of ether oxygens (including phenoxy) is 1. The van der Waals surface area contributed by atoms with E-state index in [2.05, 4.69) is 30.2 Å². The molecule has 0 saturated carbocycles. The second kappa shape index (κ2) is 9.48. The highest BCUT2D eigenvalue weighted by Crippen LogP contribution is 2.31. The first kappa shape index (κ1) is 21.2. The molecule has 0 radical (unpaired) electrons. The summed E-state index contributed by atoms with van der Waals surface area (Å²) in [5.74, 6) is -0.336. The Morgan fingerprint density at radius 3 is 2.85 bits per heavy atom. The zero-order valence-electron chi connectivity index (χ0n) is 18.5. The number of aromatic nitrogens is 4. The van der Waals surface area contributed by atoms with Crippen molar-refractivity contribution in [3.05, 3.63) is 66.2 Å². The molecule has 8 nitrogen and oxygen atoms in total. The summed E-state index contributed by atoms with van der Waals surface area (Å²) in [6, 6.07) is 13.4. The van der Waals surface area contributed by atoms with Gasteiger partial charge in [-0.2, -0.15) is 0 Å². The molecule has 0 bridgehead atoms. The number of aryl methyl sites for hydroxylation is 1. The molecule has 1 saturated heterocycles. The summed E-state index contributed by atoms with van der Waals surface area (Å²) in [6.07, 6.45) is 3.30. The number of H-pyrrole nitrogens is 1. The SMILES string of the molecule is Cc1cccc(-c2[nH]cnc2-c2ccc3nccc(C(=O)OCCN4CCNCC4)c3c2)n1. The summed E-state index contributed by atoms with van der Waals surface area (Å²) in [6.45, 7) is 6.95. The smallest absolute Gasteiger partial charge is 0.338 e. The fourth-order valence-electron chi connectivity index (χ4n) is 4.14. The zero-order valence-corrected chi connectivity index (χ0v) is 18.5. The predicted octanol–water partition coefficient (Wildman–Crippen LogP) is 3.06. The van der Waals surface area contributed by atoms with Gasteiger partial charge >= 0.3 is 5.97 Å². The van der Waals surface area contributed by atoms with Gasteiger partial charge in [0, 0.05) is 55.6 Å². The molecule has 1 aromatic carbocycles. The van der Waals surface area contributed by atoms with Crippen LogP contribution in [0.25, 0.3) is 33.5 Å². The number of piperazine rings is 1. The Hall–Kier alpha value is -3.62. The van der Waals surface area contributed by atoms with Crippen molar-refractivity contribution in [2.45, 2.75) is 6.92 Å². The summed E-state index contributed by atoms with van der Waals surface area (Å²) < 4.78 is 5.62. The highest BCUT2D eigenvalue weighted by Gasteiger charge is 2.17. The maximum absolute atomic E-state index is 12.9. The van der Waals surface area contributed by atoms with Gasteiger partial charge in [-0.15, -0.1) is 0 Å². The van der Waals surface area contributed by atoms with Crippen molar-refractivity contribution in [3.8, 4) is 22.6 Å². The number of imidazole rings is 1. The molecular formula is C25H26N6O2. The van der Waals surface area contributed by atoms with E-state index in [-0.39, 0.29) is 5.97 Å². The minimum Gasteiger partial charge on any atom is -0.461 e. The van der Waals surface area contributed by atoms with Crippen LogP contribution in [0.3, 0.4) is 0 Å². The number of benzene rings is 1. The number of carbonyl (C=O) groups excluding carboxylic acids is 1. The standard InChI is InChI=1S/C25H26N6O2/c1-17-3-2-4-22(30-17)24-23(28-16-29-24)18-5-6-21-20(15-18)19(7-8-27-21)25(32)33-14-13-31-11-9-26-10-12-31/h2-8,15-16,26H,9-14H2,1H3,(H,28,29). The van der Waals surface area contributed by atoms with E-state index in [9.17, 15) is 4.79 Å². The van der Waals surface area contributed by atoms with Crippen LogP contribution in [0.2, 0.25) is 0 Å². The molecule has 1 fully saturated rings. The van der Waals surface area contributed by atoms with E-state index in [4.69, 9.17) is 4.74 Å². The Bertz CT molecular complexity index is 1280. The molecule has 168 valence electrons. The van der Waals surface area contributed by atoms with Crippen LogP contribution in [-0.2, 0) is 4.74 Å². The third-order valence-corrected chi connectivity index (χ3v) is 5.87. The van der Waals surface area contributed by atoms with E-state index in [0.717, 1.165) is 72.0 Å². The number of aromatic amines is 1. The van der Waals surface area contributed by atoms with Crippen LogP contribution in [0, 0.1) is 6.92 Å². The topological polar surface area (TPSA) is 96.0 Å². The van der Waals surface area contributed by atoms with Gasteiger partial charge in [-0.3, -0.25) is 14.9 Å².